The summed E-state index contributed by atoms with van der Waals surface area (Å²) in [6, 6.07) is 18.1. The molecule has 1 aliphatic rings. The van der Waals surface area contributed by atoms with Crippen molar-refractivity contribution >= 4 is 43.5 Å². The summed E-state index contributed by atoms with van der Waals surface area (Å²) in [6.45, 7) is 2.08. The molecule has 1 aromatic heterocycles. The minimum absolute atomic E-state index is 0.0678. The van der Waals surface area contributed by atoms with Crippen molar-refractivity contribution in [1.82, 2.24) is 4.98 Å². The molecular formula is C21H12BrNO. The Kier molecular flexibility index (Phi) is 2.74. The molecule has 0 bridgehead atoms. The second-order valence-corrected chi connectivity index (χ2v) is 7.15. The molecular weight excluding hydrogens is 362 g/mol. The number of nitrogens with zero attached hydrogens (tertiary/aromatic N) is 1. The zero-order valence-corrected chi connectivity index (χ0v) is 14.5. The fraction of sp³-hybridized carbons (Fsp3) is 0.0476. The second-order valence-electron chi connectivity index (χ2n) is 6.23. The highest BCUT2D eigenvalue weighted by molar-refractivity contribution is 9.10. The van der Waals surface area contributed by atoms with E-state index < -0.39 is 0 Å². The van der Waals surface area contributed by atoms with Crippen molar-refractivity contribution in [3.05, 3.63) is 75.8 Å². The minimum atomic E-state index is 0.0678. The van der Waals surface area contributed by atoms with Crippen LogP contribution < -0.4 is 0 Å². The van der Waals surface area contributed by atoms with Crippen LogP contribution in [0.25, 0.3) is 32.9 Å². The average Bonchev–Trinajstić information content (AvgIpc) is 2.58. The number of aromatic nitrogens is 1. The number of hydrogen-bond acceptors (Lipinski definition) is 2. The van der Waals surface area contributed by atoms with Crippen LogP contribution >= 0.6 is 15.9 Å². The Balaban J connectivity index is 2.13. The van der Waals surface area contributed by atoms with E-state index in [-0.39, 0.29) is 5.78 Å². The fourth-order valence-electron chi connectivity index (χ4n) is 3.66. The van der Waals surface area contributed by atoms with Crippen molar-refractivity contribution in [3.63, 3.8) is 0 Å². The van der Waals surface area contributed by atoms with Crippen LogP contribution in [0, 0.1) is 6.92 Å². The molecule has 0 fully saturated rings. The molecule has 1 heterocycles. The van der Waals surface area contributed by atoms with Gasteiger partial charge in [-0.05, 0) is 36.8 Å². The van der Waals surface area contributed by atoms with Crippen LogP contribution in [-0.4, -0.2) is 10.8 Å². The number of fused-ring (bicyclic) bond motifs is 4. The monoisotopic (exact) mass is 373 g/mol. The fourth-order valence-corrected chi connectivity index (χ4v) is 4.10. The van der Waals surface area contributed by atoms with Crippen LogP contribution in [0.4, 0.5) is 0 Å². The van der Waals surface area contributed by atoms with Gasteiger partial charge in [-0.25, -0.2) is 4.98 Å². The zero-order valence-electron chi connectivity index (χ0n) is 12.9. The molecule has 0 aliphatic heterocycles. The predicted molar refractivity (Wildman–Crippen MR) is 101 cm³/mol. The number of ketones is 1. The van der Waals surface area contributed by atoms with Gasteiger partial charge in [-0.1, -0.05) is 51.8 Å². The number of hydrogen-bond donors (Lipinski definition) is 0. The highest BCUT2D eigenvalue weighted by Gasteiger charge is 2.27. The van der Waals surface area contributed by atoms with Crippen molar-refractivity contribution in [2.24, 2.45) is 0 Å². The molecule has 2 nitrogen and oxygen atoms in total. The molecule has 1 aliphatic carbocycles. The highest BCUT2D eigenvalue weighted by Crippen LogP contribution is 2.43. The van der Waals surface area contributed by atoms with E-state index in [1.165, 1.54) is 5.56 Å². The molecule has 3 heteroatoms. The van der Waals surface area contributed by atoms with Gasteiger partial charge in [0.25, 0.3) is 0 Å². The van der Waals surface area contributed by atoms with Crippen molar-refractivity contribution in [1.29, 1.82) is 0 Å². The third-order valence-corrected chi connectivity index (χ3v) is 5.14. The molecule has 0 unspecified atom stereocenters. The highest BCUT2D eigenvalue weighted by atomic mass is 79.9. The van der Waals surface area contributed by atoms with Crippen LogP contribution in [0.5, 0.6) is 0 Å². The van der Waals surface area contributed by atoms with E-state index in [0.717, 1.165) is 48.5 Å². The summed E-state index contributed by atoms with van der Waals surface area (Å²) in [5.41, 5.74) is 6.61. The van der Waals surface area contributed by atoms with Gasteiger partial charge in [-0.2, -0.15) is 0 Å². The summed E-state index contributed by atoms with van der Waals surface area (Å²) in [4.78, 5) is 17.8. The third kappa shape index (κ3) is 1.76. The molecule has 4 aromatic rings. The standard InChI is InChI=1S/C21H12BrNO/c1-11-6-7-17-15(8-11)19-13-4-2-3-5-14(13)21(24)16-9-12(22)10-18(23-17)20(16)19/h2-10H,1H3. The van der Waals surface area contributed by atoms with Crippen LogP contribution in [0.1, 0.15) is 21.5 Å². The minimum Gasteiger partial charge on any atom is -0.289 e. The lowest BCUT2D eigenvalue weighted by Crippen LogP contribution is -2.11. The first-order chi connectivity index (χ1) is 11.6. The molecule has 0 spiro atoms. The van der Waals surface area contributed by atoms with Crippen LogP contribution in [0.15, 0.2) is 59.1 Å². The van der Waals surface area contributed by atoms with Crippen LogP contribution in [0.3, 0.4) is 0 Å². The van der Waals surface area contributed by atoms with Crippen molar-refractivity contribution in [3.8, 4) is 11.1 Å². The Morgan fingerprint density at radius 2 is 1.67 bits per heavy atom. The number of benzene rings is 3. The van der Waals surface area contributed by atoms with Gasteiger partial charge in [-0.15, -0.1) is 0 Å². The number of carbonyl (C=O) groups excluding carboxylic acids is 1. The molecule has 0 saturated carbocycles. The second kappa shape index (κ2) is 4.74. The summed E-state index contributed by atoms with van der Waals surface area (Å²) in [6.07, 6.45) is 0. The largest absolute Gasteiger partial charge is 0.289 e. The molecule has 24 heavy (non-hydrogen) atoms. The van der Waals surface area contributed by atoms with E-state index in [9.17, 15) is 4.79 Å². The Labute approximate surface area is 147 Å². The molecule has 0 radical (unpaired) electrons. The van der Waals surface area contributed by atoms with Gasteiger partial charge >= 0.3 is 0 Å². The van der Waals surface area contributed by atoms with Crippen molar-refractivity contribution < 1.29 is 4.79 Å². The quantitative estimate of drug-likeness (QED) is 0.327. The number of carbonyl (C=O) groups is 1. The van der Waals surface area contributed by atoms with E-state index in [4.69, 9.17) is 4.98 Å². The van der Waals surface area contributed by atoms with E-state index in [0.29, 0.717) is 0 Å². The van der Waals surface area contributed by atoms with Gasteiger partial charge < -0.3 is 0 Å². The van der Waals surface area contributed by atoms with Crippen LogP contribution in [-0.2, 0) is 0 Å². The van der Waals surface area contributed by atoms with E-state index >= 15 is 0 Å². The summed E-state index contributed by atoms with van der Waals surface area (Å²) in [5.74, 6) is 0.0678. The average molecular weight is 374 g/mol. The Hall–Kier alpha value is -2.52. The SMILES string of the molecule is Cc1ccc2nc3cc(Br)cc4c3c(c2c1)-c1ccccc1C4=O. The van der Waals surface area contributed by atoms with E-state index in [2.05, 4.69) is 41.1 Å². The Bertz CT molecular complexity index is 1190. The smallest absolute Gasteiger partial charge is 0.194 e. The summed E-state index contributed by atoms with van der Waals surface area (Å²) in [5, 5.41) is 2.06. The predicted octanol–water partition coefficient (Wildman–Crippen LogP) is 5.67. The first kappa shape index (κ1) is 13.9. The number of rotatable bonds is 0. The molecule has 0 amide bonds. The first-order valence-electron chi connectivity index (χ1n) is 7.81. The number of aryl methyl sites for hydroxylation is 1. The third-order valence-electron chi connectivity index (χ3n) is 4.68. The maximum atomic E-state index is 13.0. The van der Waals surface area contributed by atoms with Gasteiger partial charge in [-0.3, -0.25) is 4.79 Å². The molecule has 3 aromatic carbocycles. The Morgan fingerprint density at radius 1 is 0.875 bits per heavy atom. The zero-order chi connectivity index (χ0) is 16.4. The van der Waals surface area contributed by atoms with Gasteiger partial charge in [0, 0.05) is 31.9 Å². The van der Waals surface area contributed by atoms with Crippen molar-refractivity contribution in [2.75, 3.05) is 0 Å². The lowest BCUT2D eigenvalue weighted by atomic mass is 9.82. The van der Waals surface area contributed by atoms with Gasteiger partial charge in [0.05, 0.1) is 11.0 Å². The van der Waals surface area contributed by atoms with E-state index in [1.54, 1.807) is 0 Å². The Morgan fingerprint density at radius 3 is 2.50 bits per heavy atom. The lowest BCUT2D eigenvalue weighted by molar-refractivity contribution is 0.104. The summed E-state index contributed by atoms with van der Waals surface area (Å²) >= 11 is 3.52. The van der Waals surface area contributed by atoms with E-state index in [1.807, 2.05) is 36.4 Å². The van der Waals surface area contributed by atoms with Crippen LogP contribution in [0.2, 0.25) is 0 Å². The van der Waals surface area contributed by atoms with Gasteiger partial charge in [0.2, 0.25) is 0 Å². The maximum Gasteiger partial charge on any atom is 0.194 e. The summed E-state index contributed by atoms with van der Waals surface area (Å²) < 4.78 is 0.877. The molecule has 0 atom stereocenters. The van der Waals surface area contributed by atoms with Crippen molar-refractivity contribution in [2.45, 2.75) is 6.92 Å². The topological polar surface area (TPSA) is 30.0 Å². The molecule has 0 N–H and O–H groups in total. The molecule has 5 rings (SSSR count). The number of pyridine rings is 1. The van der Waals surface area contributed by atoms with Gasteiger partial charge in [0.15, 0.2) is 5.78 Å². The first-order valence-corrected chi connectivity index (χ1v) is 8.60. The molecule has 114 valence electrons. The number of halogens is 1. The van der Waals surface area contributed by atoms with Gasteiger partial charge in [0.1, 0.15) is 0 Å². The maximum absolute atomic E-state index is 13.0. The summed E-state index contributed by atoms with van der Waals surface area (Å²) in [7, 11) is 0. The molecule has 0 saturated heterocycles. The lowest BCUT2D eigenvalue weighted by Gasteiger charge is -2.21. The normalized spacial score (nSPS) is 12.7.